The molecule has 5 amide bonds. The first-order valence-electron chi connectivity index (χ1n) is 26.0. The zero-order valence-electron chi connectivity index (χ0n) is 44.3. The molecular formula is C55H83N5O12. The van der Waals surface area contributed by atoms with Crippen molar-refractivity contribution in [1.82, 2.24) is 25.8 Å². The number of esters is 1. The van der Waals surface area contributed by atoms with Crippen LogP contribution in [0, 0.1) is 5.92 Å². The first-order chi connectivity index (χ1) is 34.0. The zero-order chi connectivity index (χ0) is 53.7. The fourth-order valence-electron chi connectivity index (χ4n) is 8.70. The van der Waals surface area contributed by atoms with E-state index in [0.29, 0.717) is 12.0 Å². The van der Waals surface area contributed by atoms with Crippen molar-refractivity contribution in [2.45, 2.75) is 200 Å². The average Bonchev–Trinajstić information content (AvgIpc) is 3.32. The van der Waals surface area contributed by atoms with E-state index in [1.54, 1.807) is 20.8 Å². The third kappa shape index (κ3) is 19.3. The molecule has 1 aliphatic heterocycles. The molecule has 1 aliphatic rings. The number of likely N-dealkylation sites (N-methyl/N-ethyl adjacent to an activating group) is 2. The number of nitrogens with one attached hydrogen (secondary N) is 3. The highest BCUT2D eigenvalue weighted by atomic mass is 16.6. The molecule has 17 nitrogen and oxygen atoms in total. The van der Waals surface area contributed by atoms with E-state index in [0.717, 1.165) is 24.2 Å². The number of unbranched alkanes of at least 4 members (excludes halogenated alkanes) is 12. The largest absolute Gasteiger partial charge is 0.507 e. The number of phenolic OH excluding ortho intramolecular Hbond substituents is 2. The molecule has 0 radical (unpaired) electrons. The Morgan fingerprint density at radius 1 is 0.736 bits per heavy atom. The summed E-state index contributed by atoms with van der Waals surface area (Å²) in [5.41, 5.74) is 0.102. The van der Waals surface area contributed by atoms with Crippen molar-refractivity contribution in [2.75, 3.05) is 20.7 Å². The van der Waals surface area contributed by atoms with Crippen LogP contribution in [0.5, 0.6) is 11.5 Å². The van der Waals surface area contributed by atoms with Gasteiger partial charge in [-0.1, -0.05) is 103 Å². The number of hydrogen-bond donors (Lipinski definition) is 6. The van der Waals surface area contributed by atoms with Crippen LogP contribution in [-0.2, 0) is 49.5 Å². The summed E-state index contributed by atoms with van der Waals surface area (Å²) in [4.78, 5) is 110. The van der Waals surface area contributed by atoms with Gasteiger partial charge in [-0.25, -0.2) is 4.79 Å². The van der Waals surface area contributed by atoms with Crippen LogP contribution in [0.15, 0.2) is 36.4 Å². The summed E-state index contributed by atoms with van der Waals surface area (Å²) in [6, 6.07) is 2.58. The standard InChI is InChI=1S/C55H83N5O12/c1-10-11-12-13-14-15-16-17-18-19-20-21-22-23-48(66)59(8)43(34-61)53(70)56-36(3)44(62)28-29-49(67)60(9)50-39-25-27-46(64)41(33-39)40-31-38(24-26-45(40)63)32-42(58-51(68)35(2)30-47(50)65)52(69)57-37(4)54(71)72-55(5,6)7/h24-27,31,33,35-37,42-43,50,61,63-64H,10-23,28-30,32,34H2,1-9H3,(H,56,70)(H,57,69)(H,58,68)/t35-,36-,37-,42+,43-,50+/m1/s1. The van der Waals surface area contributed by atoms with E-state index in [9.17, 15) is 53.7 Å². The number of nitrogens with zero attached hydrogens (tertiary/aromatic N) is 2. The number of phenols is 2. The van der Waals surface area contributed by atoms with Gasteiger partial charge in [0.1, 0.15) is 41.3 Å². The summed E-state index contributed by atoms with van der Waals surface area (Å²) in [6.45, 7) is 11.0. The average molecular weight is 1010 g/mol. The van der Waals surface area contributed by atoms with Crippen molar-refractivity contribution < 1.29 is 58.4 Å². The van der Waals surface area contributed by atoms with Crippen molar-refractivity contribution in [3.8, 4) is 22.6 Å². The van der Waals surface area contributed by atoms with Gasteiger partial charge >= 0.3 is 5.97 Å². The highest BCUT2D eigenvalue weighted by molar-refractivity contribution is 5.97. The number of aliphatic hydroxyl groups excluding tert-OH is 1. The van der Waals surface area contributed by atoms with Crippen LogP contribution in [0.3, 0.4) is 0 Å². The summed E-state index contributed by atoms with van der Waals surface area (Å²) in [5.74, 6) is -6.41. The molecular weight excluding hydrogens is 923 g/mol. The number of Topliss-reactive ketones (excluding diaryl/α,β-unsaturated/α-hetero) is 2. The summed E-state index contributed by atoms with van der Waals surface area (Å²) < 4.78 is 5.40. The third-order valence-electron chi connectivity index (χ3n) is 13.2. The second-order valence-electron chi connectivity index (χ2n) is 20.5. The van der Waals surface area contributed by atoms with E-state index in [1.807, 2.05) is 0 Å². The van der Waals surface area contributed by atoms with Gasteiger partial charge in [0.2, 0.25) is 29.5 Å². The van der Waals surface area contributed by atoms with Gasteiger partial charge in [0.15, 0.2) is 11.6 Å². The minimum atomic E-state index is -1.35. The number of benzene rings is 2. The van der Waals surface area contributed by atoms with E-state index in [2.05, 4.69) is 22.9 Å². The Kier molecular flexibility index (Phi) is 24.9. The molecule has 0 fully saturated rings. The predicted molar refractivity (Wildman–Crippen MR) is 274 cm³/mol. The molecule has 0 saturated carbocycles. The molecule has 0 saturated heterocycles. The minimum Gasteiger partial charge on any atom is -0.507 e. The fraction of sp³-hybridized carbons (Fsp3) is 0.636. The third-order valence-corrected chi connectivity index (χ3v) is 13.2. The molecule has 1 heterocycles. The summed E-state index contributed by atoms with van der Waals surface area (Å²) in [5, 5.41) is 40.1. The molecule has 400 valence electrons. The van der Waals surface area contributed by atoms with E-state index < -0.39 is 95.9 Å². The number of carbonyl (C=O) groups excluding carboxylic acids is 8. The van der Waals surface area contributed by atoms with Crippen molar-refractivity contribution in [1.29, 1.82) is 0 Å². The second-order valence-corrected chi connectivity index (χ2v) is 20.5. The molecule has 17 heteroatoms. The van der Waals surface area contributed by atoms with Crippen molar-refractivity contribution in [3.63, 3.8) is 0 Å². The van der Waals surface area contributed by atoms with Crippen molar-refractivity contribution in [2.24, 2.45) is 5.92 Å². The molecule has 72 heavy (non-hydrogen) atoms. The van der Waals surface area contributed by atoms with Gasteiger partial charge in [-0.3, -0.25) is 33.6 Å². The van der Waals surface area contributed by atoms with Gasteiger partial charge in [0, 0.05) is 63.2 Å². The number of hydrogen-bond acceptors (Lipinski definition) is 12. The predicted octanol–water partition coefficient (Wildman–Crippen LogP) is 6.90. The number of amides is 5. The van der Waals surface area contributed by atoms with Crippen LogP contribution in [-0.4, -0.2) is 123 Å². The van der Waals surface area contributed by atoms with Crippen LogP contribution in [0.4, 0.5) is 0 Å². The van der Waals surface area contributed by atoms with Gasteiger partial charge in [0.25, 0.3) is 0 Å². The lowest BCUT2D eigenvalue weighted by molar-refractivity contribution is -0.158. The number of ketones is 2. The maximum Gasteiger partial charge on any atom is 0.328 e. The fourth-order valence-corrected chi connectivity index (χ4v) is 8.70. The quantitative estimate of drug-likeness (QED) is 0.0416. The molecule has 6 N–H and O–H groups in total. The SMILES string of the molecule is CCCCCCCCCCCCCCCC(=O)N(C)[C@H](CO)C(=O)N[C@H](C)C(=O)CCC(=O)N(C)[C@@H]1C(=O)C[C@@H](C)C(=O)N[C@H](C(=O)N[C@H](C)C(=O)OC(C)(C)C)Cc2ccc(O)c(c2)-c2cc1ccc2O. The van der Waals surface area contributed by atoms with Gasteiger partial charge < -0.3 is 45.8 Å². The Morgan fingerprint density at radius 2 is 1.29 bits per heavy atom. The van der Waals surface area contributed by atoms with E-state index in [-0.39, 0.29) is 59.8 Å². The normalized spacial score (nSPS) is 17.3. The number of carbonyl (C=O) groups is 8. The van der Waals surface area contributed by atoms with E-state index in [1.165, 1.54) is 134 Å². The Hall–Kier alpha value is -5.84. The molecule has 0 aliphatic carbocycles. The number of fused-ring (bicyclic) bond motifs is 5. The van der Waals surface area contributed by atoms with Crippen LogP contribution in [0.25, 0.3) is 11.1 Å². The van der Waals surface area contributed by atoms with Crippen molar-refractivity contribution >= 4 is 47.1 Å². The van der Waals surface area contributed by atoms with Gasteiger partial charge in [0.05, 0.1) is 12.6 Å². The Labute approximate surface area is 426 Å². The first kappa shape index (κ1) is 60.5. The van der Waals surface area contributed by atoms with Crippen molar-refractivity contribution in [3.05, 3.63) is 47.5 Å². The summed E-state index contributed by atoms with van der Waals surface area (Å²) in [6.07, 6.45) is 14.1. The van der Waals surface area contributed by atoms with Crippen LogP contribution >= 0.6 is 0 Å². The molecule has 2 aromatic carbocycles. The first-order valence-corrected chi connectivity index (χ1v) is 26.0. The topological polar surface area (TPSA) is 249 Å². The lowest BCUT2D eigenvalue weighted by atomic mass is 9.89. The number of aliphatic hydroxyl groups is 1. The van der Waals surface area contributed by atoms with E-state index in [4.69, 9.17) is 4.74 Å². The lowest BCUT2D eigenvalue weighted by Gasteiger charge is -2.30. The smallest absolute Gasteiger partial charge is 0.328 e. The second kappa shape index (κ2) is 29.6. The Morgan fingerprint density at radius 3 is 1.86 bits per heavy atom. The number of ether oxygens (including phenoxy) is 1. The molecule has 0 spiro atoms. The molecule has 6 atom stereocenters. The molecule has 4 bridgehead atoms. The maximum atomic E-state index is 14.3. The highest BCUT2D eigenvalue weighted by Gasteiger charge is 2.35. The monoisotopic (exact) mass is 1010 g/mol. The number of aromatic hydroxyl groups is 2. The summed E-state index contributed by atoms with van der Waals surface area (Å²) >= 11 is 0. The maximum absolute atomic E-state index is 14.3. The Balaban J connectivity index is 1.68. The van der Waals surface area contributed by atoms with Crippen LogP contribution in [0.1, 0.15) is 175 Å². The minimum absolute atomic E-state index is 0.104. The van der Waals surface area contributed by atoms with Gasteiger partial charge in [-0.2, -0.15) is 0 Å². The molecule has 0 aromatic heterocycles. The van der Waals surface area contributed by atoms with Crippen LogP contribution in [0.2, 0.25) is 0 Å². The van der Waals surface area contributed by atoms with Gasteiger partial charge in [-0.15, -0.1) is 0 Å². The number of rotatable bonds is 26. The molecule has 0 unspecified atom stereocenters. The summed E-state index contributed by atoms with van der Waals surface area (Å²) in [7, 11) is 2.80. The molecule has 2 aromatic rings. The highest BCUT2D eigenvalue weighted by Crippen LogP contribution is 2.39. The van der Waals surface area contributed by atoms with E-state index >= 15 is 0 Å². The zero-order valence-corrected chi connectivity index (χ0v) is 44.3. The Bertz CT molecular complexity index is 2170. The van der Waals surface area contributed by atoms with Crippen LogP contribution < -0.4 is 16.0 Å². The lowest BCUT2D eigenvalue weighted by Crippen LogP contribution is -2.53. The van der Waals surface area contributed by atoms with Gasteiger partial charge in [-0.05, 0) is 76.4 Å². The molecule has 3 rings (SSSR count).